The second-order valence-corrected chi connectivity index (χ2v) is 3.35. The van der Waals surface area contributed by atoms with E-state index < -0.39 is 0 Å². The molecule has 0 fully saturated rings. The van der Waals surface area contributed by atoms with E-state index in [2.05, 4.69) is 18.9 Å². The summed E-state index contributed by atoms with van der Waals surface area (Å²) in [6, 6.07) is 1.94. The summed E-state index contributed by atoms with van der Waals surface area (Å²) < 4.78 is 7.19. The molecule has 0 amide bonds. The Morgan fingerprint density at radius 3 is 2.92 bits per heavy atom. The van der Waals surface area contributed by atoms with Crippen LogP contribution in [0, 0.1) is 6.92 Å². The first kappa shape index (κ1) is 7.40. The second-order valence-electron chi connectivity index (χ2n) is 3.35. The Kier molecular flexibility index (Phi) is 1.46. The lowest BCUT2D eigenvalue weighted by Gasteiger charge is -1.98. The molecule has 0 aliphatic heterocycles. The number of aryl methyl sites for hydroxylation is 1. The molecule has 0 spiro atoms. The lowest BCUT2D eigenvalue weighted by Crippen LogP contribution is -1.95. The maximum atomic E-state index is 5.33. The van der Waals surface area contributed by atoms with Crippen LogP contribution in [0.25, 0.3) is 5.71 Å². The van der Waals surface area contributed by atoms with Crippen molar-refractivity contribution in [2.75, 3.05) is 0 Å². The highest BCUT2D eigenvalue weighted by atomic mass is 16.3. The summed E-state index contributed by atoms with van der Waals surface area (Å²) in [7, 11) is 0. The van der Waals surface area contributed by atoms with E-state index in [4.69, 9.17) is 4.42 Å². The van der Waals surface area contributed by atoms with Crippen LogP contribution in [-0.4, -0.2) is 9.61 Å². The lowest BCUT2D eigenvalue weighted by molar-refractivity contribution is 0.603. The van der Waals surface area contributed by atoms with Crippen molar-refractivity contribution < 1.29 is 4.42 Å². The van der Waals surface area contributed by atoms with Gasteiger partial charge in [-0.25, -0.2) is 4.52 Å². The van der Waals surface area contributed by atoms with Gasteiger partial charge in [0.25, 0.3) is 0 Å². The Bertz CT molecular complexity index is 397. The average molecular weight is 164 g/mol. The normalized spacial score (nSPS) is 11.7. The second kappa shape index (κ2) is 2.37. The largest absolute Gasteiger partial charge is 0.445 e. The Balaban J connectivity index is 2.68. The topological polar surface area (TPSA) is 30.4 Å². The van der Waals surface area contributed by atoms with Crippen LogP contribution < -0.4 is 0 Å². The lowest BCUT2D eigenvalue weighted by atomic mass is 10.2. The standard InChI is InChI=1S/C9H12N2O/c1-6(2)8-5-12-9-4-7(3)10-11(8)9/h4-6H,1-3H3. The van der Waals surface area contributed by atoms with E-state index in [-0.39, 0.29) is 0 Å². The van der Waals surface area contributed by atoms with Gasteiger partial charge in [-0.1, -0.05) is 13.8 Å². The summed E-state index contributed by atoms with van der Waals surface area (Å²) in [5.41, 5.74) is 2.95. The fourth-order valence-electron chi connectivity index (χ4n) is 1.30. The molecule has 0 atom stereocenters. The molecule has 0 aliphatic rings. The van der Waals surface area contributed by atoms with E-state index in [0.29, 0.717) is 5.92 Å². The van der Waals surface area contributed by atoms with Crippen molar-refractivity contribution in [2.45, 2.75) is 26.7 Å². The number of hydrogen-bond donors (Lipinski definition) is 0. The molecule has 0 aliphatic carbocycles. The van der Waals surface area contributed by atoms with Crippen LogP contribution in [0.2, 0.25) is 0 Å². The van der Waals surface area contributed by atoms with E-state index in [9.17, 15) is 0 Å². The summed E-state index contributed by atoms with van der Waals surface area (Å²) in [6.45, 7) is 6.22. The fraction of sp³-hybridized carbons (Fsp3) is 0.444. The molecule has 0 bridgehead atoms. The van der Waals surface area contributed by atoms with Crippen molar-refractivity contribution in [1.82, 2.24) is 9.61 Å². The molecule has 0 saturated heterocycles. The average Bonchev–Trinajstić information content (AvgIpc) is 2.43. The van der Waals surface area contributed by atoms with Gasteiger partial charge < -0.3 is 4.42 Å². The maximum Gasteiger partial charge on any atom is 0.221 e. The molecule has 0 radical (unpaired) electrons. The zero-order valence-electron chi connectivity index (χ0n) is 7.53. The first-order valence-electron chi connectivity index (χ1n) is 4.12. The number of rotatable bonds is 1. The molecule has 3 heteroatoms. The number of aromatic nitrogens is 2. The third-order valence-electron chi connectivity index (χ3n) is 1.94. The zero-order valence-corrected chi connectivity index (χ0v) is 7.53. The quantitative estimate of drug-likeness (QED) is 0.647. The molecule has 64 valence electrons. The number of hydrogen-bond acceptors (Lipinski definition) is 2. The summed E-state index contributed by atoms with van der Waals surface area (Å²) in [6.07, 6.45) is 1.77. The summed E-state index contributed by atoms with van der Waals surface area (Å²) in [4.78, 5) is 0. The first-order valence-corrected chi connectivity index (χ1v) is 4.12. The highest BCUT2D eigenvalue weighted by Gasteiger charge is 2.09. The Hall–Kier alpha value is -1.25. The van der Waals surface area contributed by atoms with Crippen LogP contribution in [0.15, 0.2) is 16.7 Å². The van der Waals surface area contributed by atoms with Gasteiger partial charge in [0.1, 0.15) is 6.26 Å². The highest BCUT2D eigenvalue weighted by molar-refractivity contribution is 5.37. The third kappa shape index (κ3) is 0.932. The van der Waals surface area contributed by atoms with Crippen molar-refractivity contribution in [3.8, 4) is 0 Å². The first-order chi connectivity index (χ1) is 5.68. The molecule has 0 saturated carbocycles. The minimum absolute atomic E-state index is 0.450. The molecule has 2 aromatic rings. The van der Waals surface area contributed by atoms with Gasteiger partial charge in [0.05, 0.1) is 11.4 Å². The summed E-state index contributed by atoms with van der Waals surface area (Å²) >= 11 is 0. The number of oxazole rings is 1. The zero-order chi connectivity index (χ0) is 8.72. The van der Waals surface area contributed by atoms with Crippen molar-refractivity contribution >= 4 is 5.71 Å². The van der Waals surface area contributed by atoms with Crippen molar-refractivity contribution in [2.24, 2.45) is 0 Å². The van der Waals surface area contributed by atoms with Gasteiger partial charge in [-0.15, -0.1) is 0 Å². The monoisotopic (exact) mass is 164 g/mol. The van der Waals surface area contributed by atoms with E-state index in [1.165, 1.54) is 0 Å². The minimum atomic E-state index is 0.450. The van der Waals surface area contributed by atoms with E-state index in [0.717, 1.165) is 17.1 Å². The van der Waals surface area contributed by atoms with E-state index in [1.54, 1.807) is 6.26 Å². The van der Waals surface area contributed by atoms with E-state index >= 15 is 0 Å². The van der Waals surface area contributed by atoms with Crippen LogP contribution in [-0.2, 0) is 0 Å². The van der Waals surface area contributed by atoms with Crippen LogP contribution in [0.4, 0.5) is 0 Å². The van der Waals surface area contributed by atoms with Crippen molar-refractivity contribution in [1.29, 1.82) is 0 Å². The smallest absolute Gasteiger partial charge is 0.221 e. The maximum absolute atomic E-state index is 5.33. The SMILES string of the molecule is Cc1cc2occ(C(C)C)n2n1. The summed E-state index contributed by atoms with van der Waals surface area (Å²) in [5.74, 6) is 0.450. The third-order valence-corrected chi connectivity index (χ3v) is 1.94. The number of fused-ring (bicyclic) bond motifs is 1. The van der Waals surface area contributed by atoms with Gasteiger partial charge in [0.2, 0.25) is 5.71 Å². The van der Waals surface area contributed by atoms with Crippen LogP contribution >= 0.6 is 0 Å². The van der Waals surface area contributed by atoms with Crippen molar-refractivity contribution in [3.05, 3.63) is 23.7 Å². The molecule has 0 aromatic carbocycles. The van der Waals surface area contributed by atoms with Crippen LogP contribution in [0.5, 0.6) is 0 Å². The van der Waals surface area contributed by atoms with Gasteiger partial charge in [-0.2, -0.15) is 5.10 Å². The van der Waals surface area contributed by atoms with Crippen molar-refractivity contribution in [3.63, 3.8) is 0 Å². The van der Waals surface area contributed by atoms with Gasteiger partial charge in [-0.05, 0) is 12.8 Å². The molecule has 2 aromatic heterocycles. The molecule has 0 unspecified atom stereocenters. The van der Waals surface area contributed by atoms with Gasteiger partial charge >= 0.3 is 0 Å². The Labute approximate surface area is 71.0 Å². The Morgan fingerprint density at radius 1 is 1.50 bits per heavy atom. The van der Waals surface area contributed by atoms with Gasteiger partial charge in [0.15, 0.2) is 0 Å². The minimum Gasteiger partial charge on any atom is -0.445 e. The predicted octanol–water partition coefficient (Wildman–Crippen LogP) is 2.36. The molecular weight excluding hydrogens is 152 g/mol. The molecule has 2 heterocycles. The van der Waals surface area contributed by atoms with Gasteiger partial charge in [0, 0.05) is 6.07 Å². The molecular formula is C9H12N2O. The molecule has 0 N–H and O–H groups in total. The number of nitrogens with zero attached hydrogens (tertiary/aromatic N) is 2. The van der Waals surface area contributed by atoms with Crippen LogP contribution in [0.1, 0.15) is 31.2 Å². The predicted molar refractivity (Wildman–Crippen MR) is 46.3 cm³/mol. The Morgan fingerprint density at radius 2 is 2.25 bits per heavy atom. The molecule has 2 rings (SSSR count). The molecule has 12 heavy (non-hydrogen) atoms. The van der Waals surface area contributed by atoms with E-state index in [1.807, 2.05) is 17.5 Å². The van der Waals surface area contributed by atoms with Crippen LogP contribution in [0.3, 0.4) is 0 Å². The van der Waals surface area contributed by atoms with Gasteiger partial charge in [-0.3, -0.25) is 0 Å². The fourth-order valence-corrected chi connectivity index (χ4v) is 1.30. The summed E-state index contributed by atoms with van der Waals surface area (Å²) in [5, 5.41) is 4.32. The molecule has 3 nitrogen and oxygen atoms in total. The highest BCUT2D eigenvalue weighted by Crippen LogP contribution is 2.18.